The number of aliphatic carboxylic acids is 2. The average molecular weight is 204 g/mol. The van der Waals surface area contributed by atoms with Gasteiger partial charge in [0.05, 0.1) is 6.42 Å². The Kier molecular flexibility index (Phi) is 5.28. The van der Waals surface area contributed by atoms with E-state index >= 15 is 0 Å². The Hall–Kier alpha value is -1.59. The molecule has 0 amide bonds. The Morgan fingerprint density at radius 1 is 1.29 bits per heavy atom. The van der Waals surface area contributed by atoms with Crippen LogP contribution in [-0.4, -0.2) is 34.2 Å². The Bertz CT molecular complexity index is 234. The van der Waals surface area contributed by atoms with Crippen LogP contribution in [0.2, 0.25) is 0 Å². The largest absolute Gasteiger partial charge is 0.481 e. The van der Waals surface area contributed by atoms with Gasteiger partial charge in [-0.05, 0) is 6.42 Å². The fraction of sp³-hybridized carbons (Fsp3) is 0.625. The first-order valence-electron chi connectivity index (χ1n) is 4.11. The summed E-state index contributed by atoms with van der Waals surface area (Å²) in [5.41, 5.74) is 0. The van der Waals surface area contributed by atoms with Crippen LogP contribution in [0.3, 0.4) is 0 Å². The van der Waals surface area contributed by atoms with Gasteiger partial charge in [-0.3, -0.25) is 9.59 Å². The molecule has 0 aliphatic heterocycles. The first-order valence-corrected chi connectivity index (χ1v) is 4.11. The fourth-order valence-electron chi connectivity index (χ4n) is 0.760. The van der Waals surface area contributed by atoms with Crippen molar-refractivity contribution in [1.29, 1.82) is 0 Å². The van der Waals surface area contributed by atoms with Crippen LogP contribution in [0.1, 0.15) is 26.2 Å². The van der Waals surface area contributed by atoms with Gasteiger partial charge in [0.15, 0.2) is 0 Å². The van der Waals surface area contributed by atoms with E-state index in [0.29, 0.717) is 6.42 Å². The number of esters is 1. The highest BCUT2D eigenvalue weighted by molar-refractivity contribution is 5.82. The normalized spacial score (nSPS) is 11.8. The minimum atomic E-state index is -1.59. The van der Waals surface area contributed by atoms with Crippen molar-refractivity contribution in [2.75, 3.05) is 0 Å². The lowest BCUT2D eigenvalue weighted by Crippen LogP contribution is -2.29. The monoisotopic (exact) mass is 204 g/mol. The number of rotatable bonds is 6. The number of hydrogen-bond donors (Lipinski definition) is 2. The molecule has 0 aromatic rings. The van der Waals surface area contributed by atoms with Gasteiger partial charge in [-0.25, -0.2) is 4.79 Å². The number of ether oxygens (including phenoxy) is 1. The minimum absolute atomic E-state index is 0.0867. The standard InChI is InChI=1S/C8H12O6/c1-2-3-7(11)14-5(8(12)13)4-6(9)10/h5H,2-4H2,1H3,(H,9,10)(H,12,13)/t5-/m1/s1. The van der Waals surface area contributed by atoms with Crippen LogP contribution in [0.4, 0.5) is 0 Å². The zero-order chi connectivity index (χ0) is 11.1. The summed E-state index contributed by atoms with van der Waals surface area (Å²) in [7, 11) is 0. The topological polar surface area (TPSA) is 101 Å². The fourth-order valence-corrected chi connectivity index (χ4v) is 0.760. The maximum absolute atomic E-state index is 10.9. The second-order valence-corrected chi connectivity index (χ2v) is 2.66. The molecule has 0 aromatic heterocycles. The molecular formula is C8H12O6. The third-order valence-corrected chi connectivity index (χ3v) is 1.36. The van der Waals surface area contributed by atoms with Crippen LogP contribution >= 0.6 is 0 Å². The predicted octanol–water partition coefficient (Wildman–Crippen LogP) is 0.258. The third-order valence-electron chi connectivity index (χ3n) is 1.36. The number of carboxylic acid groups (broad SMARTS) is 2. The molecule has 6 nitrogen and oxygen atoms in total. The summed E-state index contributed by atoms with van der Waals surface area (Å²) in [6.45, 7) is 1.73. The van der Waals surface area contributed by atoms with Gasteiger partial charge in [-0.2, -0.15) is 0 Å². The molecule has 0 rings (SSSR count). The van der Waals surface area contributed by atoms with Crippen LogP contribution < -0.4 is 0 Å². The quantitative estimate of drug-likeness (QED) is 0.601. The lowest BCUT2D eigenvalue weighted by Gasteiger charge is -2.10. The van der Waals surface area contributed by atoms with Crippen molar-refractivity contribution >= 4 is 17.9 Å². The van der Waals surface area contributed by atoms with Crippen molar-refractivity contribution < 1.29 is 29.3 Å². The Labute approximate surface area is 80.5 Å². The van der Waals surface area contributed by atoms with E-state index in [1.54, 1.807) is 6.92 Å². The molecule has 0 aliphatic rings. The highest BCUT2D eigenvalue weighted by Crippen LogP contribution is 2.02. The smallest absolute Gasteiger partial charge is 0.345 e. The molecule has 6 heteroatoms. The minimum Gasteiger partial charge on any atom is -0.481 e. The molecule has 0 fully saturated rings. The molecule has 0 aliphatic carbocycles. The molecule has 2 N–H and O–H groups in total. The second-order valence-electron chi connectivity index (χ2n) is 2.66. The van der Waals surface area contributed by atoms with E-state index in [0.717, 1.165) is 0 Å². The summed E-state index contributed by atoms with van der Waals surface area (Å²) >= 11 is 0. The number of carbonyl (C=O) groups is 3. The zero-order valence-corrected chi connectivity index (χ0v) is 7.73. The second kappa shape index (κ2) is 5.95. The van der Waals surface area contributed by atoms with Crippen LogP contribution in [0, 0.1) is 0 Å². The molecule has 0 radical (unpaired) electrons. The third kappa shape index (κ3) is 5.13. The highest BCUT2D eigenvalue weighted by atomic mass is 16.6. The van der Waals surface area contributed by atoms with Crippen LogP contribution in [-0.2, 0) is 19.1 Å². The zero-order valence-electron chi connectivity index (χ0n) is 7.73. The summed E-state index contributed by atoms with van der Waals surface area (Å²) in [4.78, 5) is 31.5. The lowest BCUT2D eigenvalue weighted by molar-refractivity contribution is -0.167. The van der Waals surface area contributed by atoms with Crippen LogP contribution in [0.5, 0.6) is 0 Å². The Morgan fingerprint density at radius 2 is 1.86 bits per heavy atom. The van der Waals surface area contributed by atoms with E-state index in [-0.39, 0.29) is 6.42 Å². The van der Waals surface area contributed by atoms with Crippen molar-refractivity contribution in [2.24, 2.45) is 0 Å². The first kappa shape index (κ1) is 12.4. The van der Waals surface area contributed by atoms with E-state index in [2.05, 4.69) is 4.74 Å². The maximum Gasteiger partial charge on any atom is 0.345 e. The molecule has 0 saturated heterocycles. The van der Waals surface area contributed by atoms with Crippen molar-refractivity contribution in [3.05, 3.63) is 0 Å². The molecule has 14 heavy (non-hydrogen) atoms. The van der Waals surface area contributed by atoms with E-state index in [9.17, 15) is 14.4 Å². The van der Waals surface area contributed by atoms with Gasteiger partial charge in [0.25, 0.3) is 0 Å². The number of hydrogen-bond acceptors (Lipinski definition) is 4. The van der Waals surface area contributed by atoms with Crippen LogP contribution in [0.15, 0.2) is 0 Å². The molecule has 0 heterocycles. The van der Waals surface area contributed by atoms with Gasteiger partial charge in [-0.15, -0.1) is 0 Å². The molecule has 0 saturated carbocycles. The lowest BCUT2D eigenvalue weighted by atomic mass is 10.2. The van der Waals surface area contributed by atoms with E-state index in [4.69, 9.17) is 10.2 Å². The summed E-state index contributed by atoms with van der Waals surface area (Å²) in [5.74, 6) is -3.46. The number of carboxylic acids is 2. The Balaban J connectivity index is 4.16. The Morgan fingerprint density at radius 3 is 2.21 bits per heavy atom. The maximum atomic E-state index is 10.9. The number of carbonyl (C=O) groups excluding carboxylic acids is 1. The summed E-state index contributed by atoms with van der Waals surface area (Å²) in [5, 5.41) is 16.8. The average Bonchev–Trinajstić information content (AvgIpc) is 2.02. The molecule has 80 valence electrons. The van der Waals surface area contributed by atoms with Crippen molar-refractivity contribution in [1.82, 2.24) is 0 Å². The van der Waals surface area contributed by atoms with Gasteiger partial charge in [0.2, 0.25) is 6.10 Å². The highest BCUT2D eigenvalue weighted by Gasteiger charge is 2.24. The summed E-state index contributed by atoms with van der Waals surface area (Å²) < 4.78 is 4.44. The summed E-state index contributed by atoms with van der Waals surface area (Å²) in [6, 6.07) is 0. The molecule has 0 bridgehead atoms. The van der Waals surface area contributed by atoms with Crippen molar-refractivity contribution in [3.8, 4) is 0 Å². The molecular weight excluding hydrogens is 192 g/mol. The van der Waals surface area contributed by atoms with Gasteiger partial charge in [0.1, 0.15) is 0 Å². The van der Waals surface area contributed by atoms with Gasteiger partial charge >= 0.3 is 17.9 Å². The predicted molar refractivity (Wildman–Crippen MR) is 44.7 cm³/mol. The van der Waals surface area contributed by atoms with Gasteiger partial charge < -0.3 is 14.9 Å². The molecule has 0 unspecified atom stereocenters. The molecule has 0 spiro atoms. The van der Waals surface area contributed by atoms with E-state index in [1.165, 1.54) is 0 Å². The first-order chi connectivity index (χ1) is 6.47. The van der Waals surface area contributed by atoms with Crippen molar-refractivity contribution in [3.63, 3.8) is 0 Å². The van der Waals surface area contributed by atoms with Crippen molar-refractivity contribution in [2.45, 2.75) is 32.3 Å². The molecule has 0 aromatic carbocycles. The molecule has 1 atom stereocenters. The van der Waals surface area contributed by atoms with Gasteiger partial charge in [0, 0.05) is 6.42 Å². The summed E-state index contributed by atoms with van der Waals surface area (Å²) in [6.07, 6.45) is -1.70. The van der Waals surface area contributed by atoms with E-state index < -0.39 is 30.4 Å². The van der Waals surface area contributed by atoms with E-state index in [1.807, 2.05) is 0 Å². The van der Waals surface area contributed by atoms with Gasteiger partial charge in [-0.1, -0.05) is 6.92 Å². The van der Waals surface area contributed by atoms with Crippen LogP contribution in [0.25, 0.3) is 0 Å². The SMILES string of the molecule is CCCC(=O)O[C@H](CC(=O)O)C(=O)O.